The number of epoxide rings is 1. The second-order valence-corrected chi connectivity index (χ2v) is 5.40. The Morgan fingerprint density at radius 1 is 1.05 bits per heavy atom. The number of benzene rings is 3. The Bertz CT molecular complexity index is 788. The van der Waals surface area contributed by atoms with Gasteiger partial charge in [0.25, 0.3) is 0 Å². The van der Waals surface area contributed by atoms with Crippen LogP contribution >= 0.6 is 0 Å². The molecule has 0 bridgehead atoms. The molecule has 3 aromatic carbocycles. The molecule has 0 saturated carbocycles. The molecule has 1 saturated heterocycles. The summed E-state index contributed by atoms with van der Waals surface area (Å²) in [6.45, 7) is 3.57. The van der Waals surface area contributed by atoms with Crippen LogP contribution in [-0.2, 0) is 4.74 Å². The van der Waals surface area contributed by atoms with Gasteiger partial charge in [-0.05, 0) is 40.8 Å². The number of hydrogen-bond donors (Lipinski definition) is 0. The van der Waals surface area contributed by atoms with E-state index >= 15 is 0 Å². The second-order valence-electron chi connectivity index (χ2n) is 5.40. The SMILES string of the molecule is Cc1ccc2cc3ccccc3cc2c1OCC1CO1. The zero-order valence-electron chi connectivity index (χ0n) is 11.4. The van der Waals surface area contributed by atoms with Gasteiger partial charge in [0, 0.05) is 5.39 Å². The van der Waals surface area contributed by atoms with Crippen molar-refractivity contribution in [2.75, 3.05) is 13.2 Å². The predicted octanol–water partition coefficient (Wildman–Crippen LogP) is 4.08. The molecule has 1 heterocycles. The van der Waals surface area contributed by atoms with E-state index in [1.54, 1.807) is 0 Å². The Morgan fingerprint density at radius 3 is 2.55 bits per heavy atom. The first-order valence-corrected chi connectivity index (χ1v) is 6.98. The molecule has 0 aliphatic carbocycles. The smallest absolute Gasteiger partial charge is 0.130 e. The van der Waals surface area contributed by atoms with Crippen LogP contribution in [0.25, 0.3) is 21.5 Å². The summed E-state index contributed by atoms with van der Waals surface area (Å²) in [6, 6.07) is 17.2. The van der Waals surface area contributed by atoms with Crippen LogP contribution in [0.15, 0.2) is 48.5 Å². The van der Waals surface area contributed by atoms with Gasteiger partial charge >= 0.3 is 0 Å². The molecular weight excluding hydrogens is 248 g/mol. The molecule has 1 aliphatic rings. The molecule has 0 radical (unpaired) electrons. The third kappa shape index (κ3) is 2.02. The Balaban J connectivity index is 1.89. The zero-order chi connectivity index (χ0) is 13.5. The Labute approximate surface area is 117 Å². The van der Waals surface area contributed by atoms with Crippen molar-refractivity contribution in [1.29, 1.82) is 0 Å². The average Bonchev–Trinajstić information content (AvgIpc) is 3.28. The third-order valence-electron chi connectivity index (χ3n) is 3.85. The van der Waals surface area contributed by atoms with Crippen molar-refractivity contribution in [3.05, 3.63) is 54.1 Å². The molecule has 0 spiro atoms. The van der Waals surface area contributed by atoms with Crippen LogP contribution in [0, 0.1) is 6.92 Å². The quantitative estimate of drug-likeness (QED) is 0.525. The van der Waals surface area contributed by atoms with Gasteiger partial charge in [0.15, 0.2) is 0 Å². The van der Waals surface area contributed by atoms with Gasteiger partial charge in [-0.25, -0.2) is 0 Å². The van der Waals surface area contributed by atoms with Crippen molar-refractivity contribution in [2.24, 2.45) is 0 Å². The highest BCUT2D eigenvalue weighted by Gasteiger charge is 2.23. The first-order chi connectivity index (χ1) is 9.81. The lowest BCUT2D eigenvalue weighted by Crippen LogP contribution is -2.05. The molecule has 1 atom stereocenters. The number of aryl methyl sites for hydroxylation is 1. The minimum absolute atomic E-state index is 0.283. The first-order valence-electron chi connectivity index (χ1n) is 6.98. The Kier molecular flexibility index (Phi) is 2.64. The van der Waals surface area contributed by atoms with Crippen LogP contribution in [0.4, 0.5) is 0 Å². The monoisotopic (exact) mass is 264 g/mol. The fraction of sp³-hybridized carbons (Fsp3) is 0.222. The minimum Gasteiger partial charge on any atom is -0.490 e. The van der Waals surface area contributed by atoms with Gasteiger partial charge in [-0.3, -0.25) is 0 Å². The molecule has 0 aromatic heterocycles. The molecule has 1 aliphatic heterocycles. The maximum atomic E-state index is 6.00. The summed E-state index contributed by atoms with van der Waals surface area (Å²) in [7, 11) is 0. The van der Waals surface area contributed by atoms with Gasteiger partial charge in [-0.1, -0.05) is 36.4 Å². The zero-order valence-corrected chi connectivity index (χ0v) is 11.4. The van der Waals surface area contributed by atoms with E-state index in [1.165, 1.54) is 27.1 Å². The molecule has 1 fully saturated rings. The maximum Gasteiger partial charge on any atom is 0.130 e. The van der Waals surface area contributed by atoms with Gasteiger partial charge in [0.05, 0.1) is 6.61 Å². The lowest BCUT2D eigenvalue weighted by Gasteiger charge is -2.12. The predicted molar refractivity (Wildman–Crippen MR) is 81.4 cm³/mol. The van der Waals surface area contributed by atoms with Gasteiger partial charge in [0.2, 0.25) is 0 Å². The van der Waals surface area contributed by atoms with Crippen molar-refractivity contribution >= 4 is 21.5 Å². The lowest BCUT2D eigenvalue weighted by atomic mass is 10.0. The van der Waals surface area contributed by atoms with E-state index in [9.17, 15) is 0 Å². The largest absolute Gasteiger partial charge is 0.490 e. The second kappa shape index (κ2) is 4.50. The highest BCUT2D eigenvalue weighted by molar-refractivity contribution is 6.01. The van der Waals surface area contributed by atoms with Crippen molar-refractivity contribution in [1.82, 2.24) is 0 Å². The normalized spacial score (nSPS) is 17.6. The van der Waals surface area contributed by atoms with E-state index < -0.39 is 0 Å². The van der Waals surface area contributed by atoms with Crippen LogP contribution in [0.3, 0.4) is 0 Å². The summed E-state index contributed by atoms with van der Waals surface area (Å²) >= 11 is 0. The van der Waals surface area contributed by atoms with E-state index in [0.717, 1.165) is 12.4 Å². The molecule has 2 nitrogen and oxygen atoms in total. The molecule has 100 valence electrons. The van der Waals surface area contributed by atoms with E-state index in [1.807, 2.05) is 0 Å². The van der Waals surface area contributed by atoms with Crippen molar-refractivity contribution in [3.63, 3.8) is 0 Å². The molecule has 3 aromatic rings. The Hall–Kier alpha value is -2.06. The highest BCUT2D eigenvalue weighted by Crippen LogP contribution is 2.33. The third-order valence-corrected chi connectivity index (χ3v) is 3.85. The number of rotatable bonds is 3. The molecule has 0 amide bonds. The fourth-order valence-electron chi connectivity index (χ4n) is 2.63. The summed E-state index contributed by atoms with van der Waals surface area (Å²) in [4.78, 5) is 0. The van der Waals surface area contributed by atoms with Crippen molar-refractivity contribution < 1.29 is 9.47 Å². The van der Waals surface area contributed by atoms with Gasteiger partial charge in [-0.2, -0.15) is 0 Å². The van der Waals surface area contributed by atoms with Gasteiger partial charge < -0.3 is 9.47 Å². The summed E-state index contributed by atoms with van der Waals surface area (Å²) in [6.07, 6.45) is 0.283. The number of hydrogen-bond acceptors (Lipinski definition) is 2. The van der Waals surface area contributed by atoms with E-state index in [-0.39, 0.29) is 6.10 Å². The minimum atomic E-state index is 0.283. The molecule has 0 N–H and O–H groups in total. The fourth-order valence-corrected chi connectivity index (χ4v) is 2.63. The summed E-state index contributed by atoms with van der Waals surface area (Å²) in [5.74, 6) is 0.990. The summed E-state index contributed by atoms with van der Waals surface area (Å²) in [5.41, 5.74) is 1.17. The van der Waals surface area contributed by atoms with Gasteiger partial charge in [0.1, 0.15) is 18.5 Å². The number of fused-ring (bicyclic) bond motifs is 2. The highest BCUT2D eigenvalue weighted by atomic mass is 16.6. The van der Waals surface area contributed by atoms with Crippen LogP contribution < -0.4 is 4.74 Å². The van der Waals surface area contributed by atoms with E-state index in [2.05, 4.69) is 55.5 Å². The van der Waals surface area contributed by atoms with Crippen molar-refractivity contribution in [2.45, 2.75) is 13.0 Å². The first kappa shape index (κ1) is 11.7. The van der Waals surface area contributed by atoms with E-state index in [0.29, 0.717) is 6.61 Å². The topological polar surface area (TPSA) is 21.8 Å². The van der Waals surface area contributed by atoms with Gasteiger partial charge in [-0.15, -0.1) is 0 Å². The summed E-state index contributed by atoms with van der Waals surface area (Å²) < 4.78 is 11.2. The number of ether oxygens (including phenoxy) is 2. The lowest BCUT2D eigenvalue weighted by molar-refractivity contribution is 0.264. The van der Waals surface area contributed by atoms with Crippen LogP contribution in [-0.4, -0.2) is 19.3 Å². The van der Waals surface area contributed by atoms with Crippen molar-refractivity contribution in [3.8, 4) is 5.75 Å². The Morgan fingerprint density at radius 2 is 1.80 bits per heavy atom. The van der Waals surface area contributed by atoms with Crippen LogP contribution in [0.1, 0.15) is 5.56 Å². The van der Waals surface area contributed by atoms with E-state index in [4.69, 9.17) is 9.47 Å². The summed E-state index contributed by atoms with van der Waals surface area (Å²) in [5, 5.41) is 4.92. The molecule has 4 rings (SSSR count). The molecule has 1 unspecified atom stereocenters. The molecule has 20 heavy (non-hydrogen) atoms. The van der Waals surface area contributed by atoms with Crippen LogP contribution in [0.2, 0.25) is 0 Å². The average molecular weight is 264 g/mol. The van der Waals surface area contributed by atoms with Crippen LogP contribution in [0.5, 0.6) is 5.75 Å². The molecule has 2 heteroatoms. The maximum absolute atomic E-state index is 6.00. The molecular formula is C18H16O2. The standard InChI is InChI=1S/C18H16O2/c1-12-6-7-15-8-13-4-2-3-5-14(13)9-17(15)18(12)20-11-16-10-19-16/h2-9,16H,10-11H2,1H3.